The Kier molecular flexibility index (Phi) is 6.20. The molecule has 1 aromatic heterocycles. The fourth-order valence-electron chi connectivity index (χ4n) is 4.45. The predicted molar refractivity (Wildman–Crippen MR) is 109 cm³/mol. The summed E-state index contributed by atoms with van der Waals surface area (Å²) < 4.78 is 3.99. The Morgan fingerprint density at radius 3 is 2.69 bits per heavy atom. The van der Waals surface area contributed by atoms with Crippen LogP contribution in [0.5, 0.6) is 0 Å². The van der Waals surface area contributed by atoms with Crippen LogP contribution in [0, 0.1) is 5.41 Å². The lowest BCUT2D eigenvalue weighted by atomic mass is 9.78. The van der Waals surface area contributed by atoms with Gasteiger partial charge in [-0.25, -0.2) is 0 Å². The van der Waals surface area contributed by atoms with E-state index in [1.807, 2.05) is 11.3 Å². The van der Waals surface area contributed by atoms with Gasteiger partial charge in [-0.1, -0.05) is 42.9 Å². The number of rotatable bonds is 2. The van der Waals surface area contributed by atoms with Gasteiger partial charge in [-0.2, -0.15) is 4.57 Å². The molecular weight excluding hydrogens is 473 g/mol. The molecule has 0 saturated carbocycles. The third-order valence-electron chi connectivity index (χ3n) is 5.52. The van der Waals surface area contributed by atoms with E-state index < -0.39 is 0 Å². The van der Waals surface area contributed by atoms with Gasteiger partial charge >= 0.3 is 0 Å². The quantitative estimate of drug-likeness (QED) is 0.440. The number of aryl methyl sites for hydroxylation is 3. The van der Waals surface area contributed by atoms with Crippen molar-refractivity contribution in [3.8, 4) is 0 Å². The zero-order chi connectivity index (χ0) is 17.6. The molecule has 0 saturated heterocycles. The van der Waals surface area contributed by atoms with Crippen LogP contribution >= 0.6 is 22.9 Å². The molecule has 0 atom stereocenters. The van der Waals surface area contributed by atoms with Crippen molar-refractivity contribution in [1.82, 2.24) is 0 Å². The number of nitrogens with zero attached hydrogens (tertiary/aromatic N) is 1. The van der Waals surface area contributed by atoms with Crippen LogP contribution in [0.3, 0.4) is 0 Å². The molecule has 0 fully saturated rings. The third kappa shape index (κ3) is 3.90. The average molecular weight is 500 g/mol. The van der Waals surface area contributed by atoms with Gasteiger partial charge in [-0.15, -0.1) is 0 Å². The number of fused-ring (bicyclic) bond motifs is 3. The summed E-state index contributed by atoms with van der Waals surface area (Å²) in [7, 11) is 0. The lowest BCUT2D eigenvalue weighted by Gasteiger charge is -2.28. The zero-order valence-corrected chi connectivity index (χ0v) is 19.6. The van der Waals surface area contributed by atoms with Gasteiger partial charge in [0.2, 0.25) is 5.52 Å². The molecule has 0 amide bonds. The molecule has 0 spiro atoms. The molecule has 0 unspecified atom stereocenters. The number of hydrogen-bond donors (Lipinski definition) is 0. The van der Waals surface area contributed by atoms with Gasteiger partial charge in [0.05, 0.1) is 0 Å². The molecule has 1 aromatic carbocycles. The molecule has 0 N–H and O–H groups in total. The first-order valence-corrected chi connectivity index (χ1v) is 10.7. The number of hydrogen-bond acceptors (Lipinski definition) is 1. The minimum absolute atomic E-state index is 0. The van der Waals surface area contributed by atoms with Crippen LogP contribution in [0.15, 0.2) is 28.8 Å². The summed E-state index contributed by atoms with van der Waals surface area (Å²) in [5.41, 5.74) is 6.21. The van der Waals surface area contributed by atoms with Crippen LogP contribution in [-0.2, 0) is 19.4 Å². The Hall–Kier alpha value is -0.390. The van der Waals surface area contributed by atoms with E-state index in [1.165, 1.54) is 46.5 Å². The molecule has 26 heavy (non-hydrogen) atoms. The van der Waals surface area contributed by atoms with E-state index in [0.717, 1.165) is 24.4 Å². The lowest BCUT2D eigenvalue weighted by Crippen LogP contribution is -3.00. The molecule has 0 bridgehead atoms. The monoisotopic (exact) mass is 499 g/mol. The summed E-state index contributed by atoms with van der Waals surface area (Å²) in [5, 5.41) is 2.36. The van der Waals surface area contributed by atoms with Gasteiger partial charge in [0.15, 0.2) is 0 Å². The van der Waals surface area contributed by atoms with Crippen LogP contribution in [0.25, 0.3) is 16.3 Å². The SMILES string of the molecule is CC[n+]1c(/C=C2/C=C(Cl)CC(C)(C)C2)sc2c3c(ccc21)CCCC3.[I-]. The molecule has 1 nitrogen and oxygen atoms in total. The minimum atomic E-state index is 0. The lowest BCUT2D eigenvalue weighted by molar-refractivity contribution is -0.665. The van der Waals surface area contributed by atoms with Gasteiger partial charge in [0.1, 0.15) is 11.2 Å². The third-order valence-corrected chi connectivity index (χ3v) is 6.97. The molecule has 1 heterocycles. The van der Waals surface area contributed by atoms with Crippen molar-refractivity contribution >= 4 is 39.2 Å². The summed E-state index contributed by atoms with van der Waals surface area (Å²) in [6.45, 7) is 7.89. The van der Waals surface area contributed by atoms with Crippen molar-refractivity contribution in [3.63, 3.8) is 0 Å². The summed E-state index contributed by atoms with van der Waals surface area (Å²) in [6, 6.07) is 4.71. The fourth-order valence-corrected chi connectivity index (χ4v) is 6.35. The predicted octanol–water partition coefficient (Wildman–Crippen LogP) is 3.42. The molecule has 0 radical (unpaired) electrons. The standard InChI is InChI=1S/C22H27ClNS.HI/c1-4-24-19-10-9-16-7-5-6-8-18(16)21(19)25-20(24)12-15-11-17(23)14-22(2,3)13-15;/h9-12H,4-8,13-14H2,1-3H3;1H/q+1;/p-1/b15-12-;. The maximum atomic E-state index is 6.43. The second-order valence-corrected chi connectivity index (χ2v) is 9.79. The summed E-state index contributed by atoms with van der Waals surface area (Å²) in [5.74, 6) is 0. The Bertz CT molecular complexity index is 891. The van der Waals surface area contributed by atoms with E-state index in [4.69, 9.17) is 11.6 Å². The highest BCUT2D eigenvalue weighted by atomic mass is 127. The first kappa shape index (κ1) is 20.3. The fraction of sp³-hybridized carbons (Fsp3) is 0.500. The highest BCUT2D eigenvalue weighted by Gasteiger charge is 2.27. The number of thiazole rings is 1. The van der Waals surface area contributed by atoms with Gasteiger partial charge in [-0.05, 0) is 73.6 Å². The van der Waals surface area contributed by atoms with Crippen molar-refractivity contribution in [1.29, 1.82) is 0 Å². The molecular formula is C22H27ClINS. The second kappa shape index (κ2) is 7.92. The highest BCUT2D eigenvalue weighted by Crippen LogP contribution is 2.40. The van der Waals surface area contributed by atoms with Crippen molar-refractivity contribution in [2.75, 3.05) is 0 Å². The van der Waals surface area contributed by atoms with Crippen molar-refractivity contribution < 1.29 is 28.5 Å². The number of benzene rings is 1. The van der Waals surface area contributed by atoms with Crippen LogP contribution in [0.4, 0.5) is 0 Å². The molecule has 4 rings (SSSR count). The Balaban J connectivity index is 0.00000196. The number of aromatic nitrogens is 1. The topological polar surface area (TPSA) is 3.88 Å². The van der Waals surface area contributed by atoms with Gasteiger partial charge in [-0.3, -0.25) is 0 Å². The van der Waals surface area contributed by atoms with Gasteiger partial charge < -0.3 is 24.0 Å². The van der Waals surface area contributed by atoms with Crippen LogP contribution in [-0.4, -0.2) is 0 Å². The molecule has 4 heteroatoms. The average Bonchev–Trinajstić information content (AvgIpc) is 2.90. The summed E-state index contributed by atoms with van der Waals surface area (Å²) in [6.07, 6.45) is 11.8. The maximum Gasteiger partial charge on any atom is 0.263 e. The molecule has 2 aliphatic rings. The molecule has 0 aliphatic heterocycles. The van der Waals surface area contributed by atoms with E-state index in [2.05, 4.69) is 49.6 Å². The minimum Gasteiger partial charge on any atom is -1.00 e. The Morgan fingerprint density at radius 1 is 1.19 bits per heavy atom. The Morgan fingerprint density at radius 2 is 1.96 bits per heavy atom. The van der Waals surface area contributed by atoms with Crippen molar-refractivity contribution in [2.24, 2.45) is 5.41 Å². The van der Waals surface area contributed by atoms with Crippen LogP contribution in [0.2, 0.25) is 0 Å². The first-order valence-electron chi connectivity index (χ1n) is 9.50. The van der Waals surface area contributed by atoms with Gasteiger partial charge in [0.25, 0.3) is 5.01 Å². The van der Waals surface area contributed by atoms with E-state index in [1.54, 1.807) is 11.1 Å². The van der Waals surface area contributed by atoms with Crippen molar-refractivity contribution in [3.05, 3.63) is 44.9 Å². The molecule has 2 aromatic rings. The second-order valence-electron chi connectivity index (χ2n) is 8.27. The molecule has 140 valence electrons. The van der Waals surface area contributed by atoms with Crippen molar-refractivity contribution in [2.45, 2.75) is 65.8 Å². The first-order chi connectivity index (χ1) is 12.0. The summed E-state index contributed by atoms with van der Waals surface area (Å²) >= 11 is 8.40. The number of allylic oxidation sites excluding steroid dienone is 3. The zero-order valence-electron chi connectivity index (χ0n) is 15.9. The number of halogens is 2. The normalized spacial score (nSPS) is 20.6. The summed E-state index contributed by atoms with van der Waals surface area (Å²) in [4.78, 5) is 0. The van der Waals surface area contributed by atoms with E-state index >= 15 is 0 Å². The van der Waals surface area contributed by atoms with E-state index in [-0.39, 0.29) is 29.4 Å². The molecule has 2 aliphatic carbocycles. The Labute approximate surface area is 183 Å². The highest BCUT2D eigenvalue weighted by molar-refractivity contribution is 7.19. The van der Waals surface area contributed by atoms with E-state index in [0.29, 0.717) is 0 Å². The largest absolute Gasteiger partial charge is 1.00 e. The maximum absolute atomic E-state index is 6.43. The van der Waals surface area contributed by atoms with Gasteiger partial charge in [0, 0.05) is 17.2 Å². The van der Waals surface area contributed by atoms with Crippen LogP contribution < -0.4 is 28.5 Å². The smallest absolute Gasteiger partial charge is 0.263 e. The van der Waals surface area contributed by atoms with Crippen LogP contribution in [0.1, 0.15) is 62.6 Å². The van der Waals surface area contributed by atoms with E-state index in [9.17, 15) is 0 Å².